The van der Waals surface area contributed by atoms with Crippen molar-refractivity contribution >= 4 is 17.7 Å². The Labute approximate surface area is 137 Å². The molecule has 1 fully saturated rings. The molecule has 126 valence electrons. The highest BCUT2D eigenvalue weighted by Gasteiger charge is 2.28. The molecule has 1 atom stereocenters. The molecule has 2 heterocycles. The molecule has 0 radical (unpaired) electrons. The van der Waals surface area contributed by atoms with Gasteiger partial charge in [-0.3, -0.25) is 9.59 Å². The fraction of sp³-hybridized carbons (Fsp3) is 0.588. The molecule has 6 nitrogen and oxygen atoms in total. The minimum absolute atomic E-state index is 0.131. The summed E-state index contributed by atoms with van der Waals surface area (Å²) in [5.41, 5.74) is 0.521. The molecule has 2 rings (SSSR count). The van der Waals surface area contributed by atoms with Crippen molar-refractivity contribution in [3.8, 4) is 0 Å². The van der Waals surface area contributed by atoms with Gasteiger partial charge >= 0.3 is 5.97 Å². The number of amides is 1. The first-order valence-corrected chi connectivity index (χ1v) is 8.29. The van der Waals surface area contributed by atoms with E-state index in [0.717, 1.165) is 31.7 Å². The van der Waals surface area contributed by atoms with E-state index in [1.165, 1.54) is 0 Å². The van der Waals surface area contributed by atoms with Crippen LogP contribution in [0.1, 0.15) is 43.5 Å². The number of carbonyl (C=O) groups is 2. The summed E-state index contributed by atoms with van der Waals surface area (Å²) in [7, 11) is 0. The number of likely N-dealkylation sites (tertiary alicyclic amines) is 1. The summed E-state index contributed by atoms with van der Waals surface area (Å²) >= 11 is 0. The van der Waals surface area contributed by atoms with Crippen LogP contribution < -0.4 is 4.90 Å². The third-order valence-electron chi connectivity index (χ3n) is 4.25. The van der Waals surface area contributed by atoms with E-state index < -0.39 is 11.9 Å². The Morgan fingerprint density at radius 3 is 2.74 bits per heavy atom. The molecule has 1 aliphatic rings. The van der Waals surface area contributed by atoms with E-state index in [9.17, 15) is 9.59 Å². The van der Waals surface area contributed by atoms with E-state index in [0.29, 0.717) is 18.5 Å². The Bertz CT molecular complexity index is 545. The predicted octanol–water partition coefficient (Wildman–Crippen LogP) is 2.25. The summed E-state index contributed by atoms with van der Waals surface area (Å²) < 4.78 is 0. The molecule has 0 aromatic carbocycles. The fourth-order valence-corrected chi connectivity index (χ4v) is 2.95. The van der Waals surface area contributed by atoms with Crippen LogP contribution in [-0.2, 0) is 4.79 Å². The highest BCUT2D eigenvalue weighted by Crippen LogP contribution is 2.19. The molecule has 1 unspecified atom stereocenters. The lowest BCUT2D eigenvalue weighted by Gasteiger charge is -2.30. The Morgan fingerprint density at radius 1 is 1.39 bits per heavy atom. The summed E-state index contributed by atoms with van der Waals surface area (Å²) in [6.45, 7) is 6.91. The Balaban J connectivity index is 2.06. The van der Waals surface area contributed by atoms with Gasteiger partial charge in [0.1, 0.15) is 5.82 Å². The number of aliphatic carboxylic acids is 1. The topological polar surface area (TPSA) is 73.7 Å². The maximum Gasteiger partial charge on any atom is 0.308 e. The quantitative estimate of drug-likeness (QED) is 0.870. The first-order chi connectivity index (χ1) is 11.1. The molecule has 6 heteroatoms. The number of hydrogen-bond acceptors (Lipinski definition) is 4. The number of nitrogens with zero attached hydrogens (tertiary/aromatic N) is 3. The molecule has 23 heavy (non-hydrogen) atoms. The van der Waals surface area contributed by atoms with Crippen molar-refractivity contribution < 1.29 is 14.7 Å². The summed E-state index contributed by atoms with van der Waals surface area (Å²) in [6.07, 6.45) is 4.01. The zero-order valence-electron chi connectivity index (χ0n) is 13.9. The lowest BCUT2D eigenvalue weighted by atomic mass is 9.98. The average molecular weight is 319 g/mol. The molecule has 0 spiro atoms. The smallest absolute Gasteiger partial charge is 0.308 e. The number of aromatic nitrogens is 1. The summed E-state index contributed by atoms with van der Waals surface area (Å²) in [4.78, 5) is 31.8. The van der Waals surface area contributed by atoms with Crippen LogP contribution in [0.3, 0.4) is 0 Å². The van der Waals surface area contributed by atoms with E-state index in [1.807, 2.05) is 6.07 Å². The Hall–Kier alpha value is -2.11. The first kappa shape index (κ1) is 17.2. The molecule has 1 N–H and O–H groups in total. The highest BCUT2D eigenvalue weighted by molar-refractivity contribution is 5.94. The van der Waals surface area contributed by atoms with Gasteiger partial charge in [-0.2, -0.15) is 0 Å². The van der Waals surface area contributed by atoms with Gasteiger partial charge in [0, 0.05) is 32.4 Å². The zero-order chi connectivity index (χ0) is 16.8. The van der Waals surface area contributed by atoms with Gasteiger partial charge in [-0.05, 0) is 38.3 Å². The number of piperidine rings is 1. The summed E-state index contributed by atoms with van der Waals surface area (Å²) in [5, 5.41) is 9.13. The molecular weight excluding hydrogens is 294 g/mol. The fourth-order valence-electron chi connectivity index (χ4n) is 2.95. The van der Waals surface area contributed by atoms with Crippen molar-refractivity contribution in [3.05, 3.63) is 23.9 Å². The molecule has 1 saturated heterocycles. The van der Waals surface area contributed by atoms with Gasteiger partial charge in [-0.1, -0.05) is 6.92 Å². The van der Waals surface area contributed by atoms with Gasteiger partial charge in [0.15, 0.2) is 0 Å². The molecular formula is C17H25N3O3. The van der Waals surface area contributed by atoms with E-state index in [-0.39, 0.29) is 12.5 Å². The largest absolute Gasteiger partial charge is 0.481 e. The zero-order valence-corrected chi connectivity index (χ0v) is 13.9. The van der Waals surface area contributed by atoms with Crippen LogP contribution >= 0.6 is 0 Å². The van der Waals surface area contributed by atoms with Gasteiger partial charge in [-0.15, -0.1) is 0 Å². The predicted molar refractivity (Wildman–Crippen MR) is 88.7 cm³/mol. The monoisotopic (exact) mass is 319 g/mol. The Morgan fingerprint density at radius 2 is 2.17 bits per heavy atom. The molecule has 1 aliphatic heterocycles. The second kappa shape index (κ2) is 7.94. The minimum atomic E-state index is -0.825. The Kier molecular flexibility index (Phi) is 5.96. The van der Waals surface area contributed by atoms with E-state index >= 15 is 0 Å². The highest BCUT2D eigenvalue weighted by atomic mass is 16.4. The number of carbonyl (C=O) groups excluding carboxylic acids is 1. The normalized spacial score (nSPS) is 17.8. The third-order valence-corrected chi connectivity index (χ3v) is 4.25. The number of carboxylic acids is 1. The van der Waals surface area contributed by atoms with Gasteiger partial charge in [0.2, 0.25) is 0 Å². The minimum Gasteiger partial charge on any atom is -0.481 e. The van der Waals surface area contributed by atoms with Crippen molar-refractivity contribution in [1.29, 1.82) is 0 Å². The van der Waals surface area contributed by atoms with Crippen LogP contribution in [0.4, 0.5) is 5.82 Å². The lowest BCUT2D eigenvalue weighted by Crippen LogP contribution is -2.42. The van der Waals surface area contributed by atoms with Crippen molar-refractivity contribution in [2.75, 3.05) is 31.1 Å². The number of anilines is 1. The maximum absolute atomic E-state index is 12.5. The second-order valence-electron chi connectivity index (χ2n) is 5.91. The molecule has 0 bridgehead atoms. The van der Waals surface area contributed by atoms with Crippen molar-refractivity contribution in [2.24, 2.45) is 5.92 Å². The van der Waals surface area contributed by atoms with Crippen molar-refractivity contribution in [2.45, 2.75) is 33.1 Å². The van der Waals surface area contributed by atoms with E-state index in [4.69, 9.17) is 5.11 Å². The van der Waals surface area contributed by atoms with Crippen LogP contribution in [-0.4, -0.2) is 53.0 Å². The number of rotatable bonds is 6. The van der Waals surface area contributed by atoms with Crippen LogP contribution in [0.2, 0.25) is 0 Å². The maximum atomic E-state index is 12.5. The van der Waals surface area contributed by atoms with Crippen LogP contribution in [0, 0.1) is 5.92 Å². The SMILES string of the molecule is CCCN(CC)c1ccc(C(=O)N2CCCC(C(=O)O)C2)cn1. The number of hydrogen-bond donors (Lipinski definition) is 1. The molecule has 1 aromatic heterocycles. The van der Waals surface area contributed by atoms with Gasteiger partial charge in [-0.25, -0.2) is 4.98 Å². The van der Waals surface area contributed by atoms with Gasteiger partial charge < -0.3 is 14.9 Å². The van der Waals surface area contributed by atoms with Crippen LogP contribution in [0.15, 0.2) is 18.3 Å². The van der Waals surface area contributed by atoms with Gasteiger partial charge in [0.25, 0.3) is 5.91 Å². The van der Waals surface area contributed by atoms with Gasteiger partial charge in [0.05, 0.1) is 11.5 Å². The summed E-state index contributed by atoms with van der Waals surface area (Å²) in [6, 6.07) is 3.65. The lowest BCUT2D eigenvalue weighted by molar-refractivity contribution is -0.143. The standard InChI is InChI=1S/C17H25N3O3/c1-3-9-19(4-2)15-8-7-13(11-18-15)16(21)20-10-5-6-14(12-20)17(22)23/h7-8,11,14H,3-6,9-10,12H2,1-2H3,(H,22,23). The van der Waals surface area contributed by atoms with Crippen molar-refractivity contribution in [3.63, 3.8) is 0 Å². The molecule has 0 saturated carbocycles. The van der Waals surface area contributed by atoms with E-state index in [2.05, 4.69) is 23.7 Å². The van der Waals surface area contributed by atoms with E-state index in [1.54, 1.807) is 17.2 Å². The first-order valence-electron chi connectivity index (χ1n) is 8.29. The second-order valence-corrected chi connectivity index (χ2v) is 5.91. The van der Waals surface area contributed by atoms with Crippen molar-refractivity contribution in [1.82, 2.24) is 9.88 Å². The summed E-state index contributed by atoms with van der Waals surface area (Å²) in [5.74, 6) is -0.546. The molecule has 0 aliphatic carbocycles. The average Bonchev–Trinajstić information content (AvgIpc) is 2.59. The van der Waals surface area contributed by atoms with Crippen LogP contribution in [0.5, 0.6) is 0 Å². The number of carboxylic acid groups (broad SMARTS) is 1. The molecule has 1 aromatic rings. The van der Waals surface area contributed by atoms with Crippen LogP contribution in [0.25, 0.3) is 0 Å². The third kappa shape index (κ3) is 4.21. The number of pyridine rings is 1. The molecule has 1 amide bonds.